The quantitative estimate of drug-likeness (QED) is 0.319. The van der Waals surface area contributed by atoms with Gasteiger partial charge in [-0.2, -0.15) is 12.7 Å². The minimum Gasteiger partial charge on any atom is -0.352 e. The van der Waals surface area contributed by atoms with Crippen LogP contribution in [0.4, 0.5) is 10.1 Å². The highest BCUT2D eigenvalue weighted by Gasteiger charge is 2.36. The van der Waals surface area contributed by atoms with Crippen molar-refractivity contribution in [2.45, 2.75) is 64.1 Å². The van der Waals surface area contributed by atoms with Gasteiger partial charge in [0, 0.05) is 33.1 Å². The Morgan fingerprint density at radius 2 is 1.53 bits per heavy atom. The monoisotopic (exact) mass is 608 g/mol. The maximum atomic E-state index is 15.0. The van der Waals surface area contributed by atoms with Gasteiger partial charge in [-0.05, 0) is 48.6 Å². The number of halogens is 1. The van der Waals surface area contributed by atoms with Gasteiger partial charge in [0.05, 0.1) is 5.69 Å². The van der Waals surface area contributed by atoms with Crippen LogP contribution in [-0.2, 0) is 32.8 Å². The van der Waals surface area contributed by atoms with Crippen molar-refractivity contribution in [3.05, 3.63) is 101 Å². The topological polar surface area (TPSA) is 90.0 Å². The molecule has 3 aromatic carbocycles. The Balaban J connectivity index is 1.77. The Bertz CT molecular complexity index is 1490. The number of para-hydroxylation sites is 1. The van der Waals surface area contributed by atoms with Gasteiger partial charge >= 0.3 is 10.2 Å². The second-order valence-corrected chi connectivity index (χ2v) is 13.3. The molecule has 3 aromatic rings. The fraction of sp³-hybridized carbons (Fsp3) is 0.394. The molecule has 1 aliphatic rings. The van der Waals surface area contributed by atoms with Gasteiger partial charge < -0.3 is 10.2 Å². The lowest BCUT2D eigenvalue weighted by molar-refractivity contribution is -0.140. The van der Waals surface area contributed by atoms with Crippen molar-refractivity contribution in [3.63, 3.8) is 0 Å². The van der Waals surface area contributed by atoms with Crippen LogP contribution in [0.5, 0.6) is 0 Å². The van der Waals surface area contributed by atoms with Gasteiger partial charge in [0.15, 0.2) is 0 Å². The Labute approximate surface area is 254 Å². The maximum absolute atomic E-state index is 15.0. The lowest BCUT2D eigenvalue weighted by atomic mass is 9.94. The van der Waals surface area contributed by atoms with Gasteiger partial charge in [-0.3, -0.25) is 9.59 Å². The molecule has 1 unspecified atom stereocenters. The third-order valence-corrected chi connectivity index (χ3v) is 9.77. The van der Waals surface area contributed by atoms with E-state index in [0.717, 1.165) is 63.5 Å². The zero-order valence-corrected chi connectivity index (χ0v) is 25.9. The first-order chi connectivity index (χ1) is 20.6. The highest BCUT2D eigenvalue weighted by Crippen LogP contribution is 2.25. The molecular weight excluding hydrogens is 567 g/mol. The van der Waals surface area contributed by atoms with Gasteiger partial charge in [-0.15, -0.1) is 0 Å². The molecule has 43 heavy (non-hydrogen) atoms. The number of benzene rings is 3. The van der Waals surface area contributed by atoms with Crippen molar-refractivity contribution in [2.24, 2.45) is 0 Å². The first-order valence-electron chi connectivity index (χ1n) is 14.7. The third kappa shape index (κ3) is 8.20. The van der Waals surface area contributed by atoms with Crippen LogP contribution < -0.4 is 9.62 Å². The number of aryl methyl sites for hydroxylation is 1. The summed E-state index contributed by atoms with van der Waals surface area (Å²) >= 11 is 0. The predicted molar refractivity (Wildman–Crippen MR) is 167 cm³/mol. The fourth-order valence-corrected chi connectivity index (χ4v) is 6.49. The first-order valence-corrected chi connectivity index (χ1v) is 16.1. The van der Waals surface area contributed by atoms with E-state index in [9.17, 15) is 18.0 Å². The molecule has 8 nitrogen and oxygen atoms in total. The van der Waals surface area contributed by atoms with Gasteiger partial charge in [0.1, 0.15) is 18.4 Å². The first kappa shape index (κ1) is 32.2. The van der Waals surface area contributed by atoms with E-state index in [1.54, 1.807) is 0 Å². The van der Waals surface area contributed by atoms with E-state index in [-0.39, 0.29) is 30.6 Å². The van der Waals surface area contributed by atoms with Crippen LogP contribution >= 0.6 is 0 Å². The molecule has 2 amide bonds. The van der Waals surface area contributed by atoms with Crippen LogP contribution in [0.2, 0.25) is 0 Å². The second kappa shape index (κ2) is 14.6. The van der Waals surface area contributed by atoms with Crippen molar-refractivity contribution >= 4 is 27.7 Å². The highest BCUT2D eigenvalue weighted by molar-refractivity contribution is 7.90. The van der Waals surface area contributed by atoms with Crippen LogP contribution in [0.15, 0.2) is 78.9 Å². The Morgan fingerprint density at radius 3 is 2.19 bits per heavy atom. The number of amides is 2. The van der Waals surface area contributed by atoms with E-state index < -0.39 is 34.5 Å². The zero-order valence-electron chi connectivity index (χ0n) is 25.1. The van der Waals surface area contributed by atoms with Crippen LogP contribution in [-0.4, -0.2) is 62.2 Å². The average molecular weight is 609 g/mol. The van der Waals surface area contributed by atoms with E-state index >= 15 is 4.39 Å². The molecule has 10 heteroatoms. The normalized spacial score (nSPS) is 14.7. The van der Waals surface area contributed by atoms with E-state index in [2.05, 4.69) is 5.32 Å². The summed E-state index contributed by atoms with van der Waals surface area (Å²) in [5, 5.41) is 3.18. The summed E-state index contributed by atoms with van der Waals surface area (Å²) in [7, 11) is -1.62. The smallest absolute Gasteiger partial charge is 0.304 e. The number of carbonyl (C=O) groups is 2. The van der Waals surface area contributed by atoms with Gasteiger partial charge in [-0.25, -0.2) is 8.70 Å². The summed E-state index contributed by atoms with van der Waals surface area (Å²) < 4.78 is 43.6. The maximum Gasteiger partial charge on any atom is 0.304 e. The van der Waals surface area contributed by atoms with Crippen molar-refractivity contribution in [3.8, 4) is 0 Å². The van der Waals surface area contributed by atoms with Crippen molar-refractivity contribution in [2.75, 3.05) is 24.9 Å². The molecule has 0 heterocycles. The lowest BCUT2D eigenvalue weighted by Gasteiger charge is -2.35. The van der Waals surface area contributed by atoms with Crippen molar-refractivity contribution in [1.29, 1.82) is 0 Å². The zero-order chi connectivity index (χ0) is 31.0. The molecule has 0 bridgehead atoms. The average Bonchev–Trinajstić information content (AvgIpc) is 2.99. The molecule has 0 spiro atoms. The molecule has 4 rings (SSSR count). The fourth-order valence-electron chi connectivity index (χ4n) is 5.43. The summed E-state index contributed by atoms with van der Waals surface area (Å²) in [4.78, 5) is 29.8. The van der Waals surface area contributed by atoms with Crippen LogP contribution in [0.25, 0.3) is 0 Å². The molecule has 1 atom stereocenters. The second-order valence-electron chi connectivity index (χ2n) is 11.2. The van der Waals surface area contributed by atoms with Crippen LogP contribution in [0.3, 0.4) is 0 Å². The highest BCUT2D eigenvalue weighted by atomic mass is 32.2. The standard InChI is InChI=1S/C33H41FN4O4S/c1-25-14-10-11-17-27(25)23-37(32(39)24-38(43(41,42)36(2)3)30-21-13-12-20-29(30)34)31(22-26-15-6-4-7-16-26)33(40)35-28-18-8-5-9-19-28/h4,6-7,10-17,20-21,28,31H,5,8-9,18-19,22-24H2,1-3H3,(H,35,40). The number of rotatable bonds is 12. The van der Waals surface area contributed by atoms with E-state index in [1.807, 2.05) is 61.5 Å². The number of hydrogen-bond donors (Lipinski definition) is 1. The van der Waals surface area contributed by atoms with Crippen molar-refractivity contribution in [1.82, 2.24) is 14.5 Å². The summed E-state index contributed by atoms with van der Waals surface area (Å²) in [5.74, 6) is -1.68. The molecule has 1 fully saturated rings. The number of anilines is 1. The van der Waals surface area contributed by atoms with Gasteiger partial charge in [0.2, 0.25) is 11.8 Å². The van der Waals surface area contributed by atoms with Crippen LogP contribution in [0.1, 0.15) is 48.8 Å². The SMILES string of the molecule is Cc1ccccc1CN(C(=O)CN(c1ccccc1F)S(=O)(=O)N(C)C)C(Cc1ccccc1)C(=O)NC1CCCCC1. The number of nitrogens with zero attached hydrogens (tertiary/aromatic N) is 3. The molecule has 230 valence electrons. The molecule has 0 saturated heterocycles. The minimum absolute atomic E-state index is 0.0129. The predicted octanol–water partition coefficient (Wildman–Crippen LogP) is 4.84. The van der Waals surface area contributed by atoms with Gasteiger partial charge in [0.25, 0.3) is 0 Å². The largest absolute Gasteiger partial charge is 0.352 e. The minimum atomic E-state index is -4.27. The number of hydrogen-bond acceptors (Lipinski definition) is 4. The Hall–Kier alpha value is -3.76. The van der Waals surface area contributed by atoms with Crippen molar-refractivity contribution < 1.29 is 22.4 Å². The molecule has 0 radical (unpaired) electrons. The summed E-state index contributed by atoms with van der Waals surface area (Å²) in [6, 6.07) is 21.5. The van der Waals surface area contributed by atoms with E-state index in [4.69, 9.17) is 0 Å². The Kier molecular flexibility index (Phi) is 10.9. The van der Waals surface area contributed by atoms with Gasteiger partial charge in [-0.1, -0.05) is 86.0 Å². The Morgan fingerprint density at radius 1 is 0.907 bits per heavy atom. The molecule has 1 saturated carbocycles. The molecular formula is C33H41FN4O4S. The summed E-state index contributed by atoms with van der Waals surface area (Å²) in [6.07, 6.45) is 5.16. The van der Waals surface area contributed by atoms with E-state index in [0.29, 0.717) is 0 Å². The molecule has 1 N–H and O–H groups in total. The number of carbonyl (C=O) groups excluding carboxylic acids is 2. The molecule has 0 aliphatic heterocycles. The van der Waals surface area contributed by atoms with Crippen LogP contribution in [0, 0.1) is 12.7 Å². The molecule has 0 aromatic heterocycles. The third-order valence-electron chi connectivity index (χ3n) is 7.96. The summed E-state index contributed by atoms with van der Waals surface area (Å²) in [5.41, 5.74) is 2.37. The lowest BCUT2D eigenvalue weighted by Crippen LogP contribution is -2.55. The number of nitrogens with one attached hydrogen (secondary N) is 1. The summed E-state index contributed by atoms with van der Waals surface area (Å²) in [6.45, 7) is 1.32. The molecule has 1 aliphatic carbocycles. The van der Waals surface area contributed by atoms with E-state index in [1.165, 1.54) is 37.2 Å².